The molecular formula is C43H31N3. The minimum absolute atomic E-state index is 0.255. The van der Waals surface area contributed by atoms with Gasteiger partial charge in [0.1, 0.15) is 0 Å². The van der Waals surface area contributed by atoms with Crippen LogP contribution in [0.4, 0.5) is 0 Å². The number of hydrogen-bond acceptors (Lipinski definition) is 2. The number of benzene rings is 6. The molecule has 218 valence electrons. The van der Waals surface area contributed by atoms with Crippen LogP contribution in [0.2, 0.25) is 0 Å². The summed E-state index contributed by atoms with van der Waals surface area (Å²) in [7, 11) is 0. The predicted molar refractivity (Wildman–Crippen MR) is 190 cm³/mol. The number of aromatic nitrogens is 3. The lowest BCUT2D eigenvalue weighted by Gasteiger charge is -2.24. The van der Waals surface area contributed by atoms with Crippen LogP contribution in [0.15, 0.2) is 152 Å². The molecule has 3 heteroatoms. The van der Waals surface area contributed by atoms with Crippen molar-refractivity contribution >= 4 is 21.8 Å². The zero-order valence-electron chi connectivity index (χ0n) is 25.8. The molecule has 0 aliphatic heterocycles. The van der Waals surface area contributed by atoms with Gasteiger partial charge in [-0.15, -0.1) is 0 Å². The van der Waals surface area contributed by atoms with Gasteiger partial charge < -0.3 is 4.57 Å². The molecule has 8 aromatic rings. The summed E-state index contributed by atoms with van der Waals surface area (Å²) >= 11 is 0. The Morgan fingerprint density at radius 2 is 1.07 bits per heavy atom. The molecule has 46 heavy (non-hydrogen) atoms. The van der Waals surface area contributed by atoms with E-state index in [9.17, 15) is 0 Å². The summed E-state index contributed by atoms with van der Waals surface area (Å²) in [5.41, 5.74) is 13.3. The van der Waals surface area contributed by atoms with E-state index in [1.807, 2.05) is 0 Å². The Morgan fingerprint density at radius 3 is 1.85 bits per heavy atom. The summed E-state index contributed by atoms with van der Waals surface area (Å²) in [4.78, 5) is 10.7. The lowest BCUT2D eigenvalue weighted by Crippen LogP contribution is -2.17. The number of nitrogens with zero attached hydrogens (tertiary/aromatic N) is 3. The molecule has 0 radical (unpaired) electrons. The van der Waals surface area contributed by atoms with Crippen molar-refractivity contribution in [2.75, 3.05) is 0 Å². The third kappa shape index (κ3) is 3.98. The molecule has 1 aliphatic carbocycles. The Bertz CT molecular complexity index is 2400. The molecule has 0 atom stereocenters. The van der Waals surface area contributed by atoms with Gasteiger partial charge in [0, 0.05) is 44.1 Å². The van der Waals surface area contributed by atoms with Crippen molar-refractivity contribution in [3.05, 3.63) is 163 Å². The van der Waals surface area contributed by atoms with Crippen molar-refractivity contribution in [1.29, 1.82) is 0 Å². The first-order chi connectivity index (χ1) is 22.6. The van der Waals surface area contributed by atoms with Gasteiger partial charge in [-0.1, -0.05) is 135 Å². The Balaban J connectivity index is 1.29. The Labute approximate surface area is 268 Å². The van der Waals surface area contributed by atoms with E-state index in [0.717, 1.165) is 39.6 Å². The van der Waals surface area contributed by atoms with E-state index in [1.165, 1.54) is 44.1 Å². The van der Waals surface area contributed by atoms with Gasteiger partial charge >= 0.3 is 0 Å². The molecule has 0 N–H and O–H groups in total. The topological polar surface area (TPSA) is 30.7 Å². The molecule has 2 aromatic heterocycles. The average molecular weight is 590 g/mol. The highest BCUT2D eigenvalue weighted by Crippen LogP contribution is 2.51. The van der Waals surface area contributed by atoms with Crippen LogP contribution in [-0.4, -0.2) is 14.5 Å². The second-order valence-electron chi connectivity index (χ2n) is 12.7. The summed E-state index contributed by atoms with van der Waals surface area (Å²) in [6.45, 7) is 4.61. The second-order valence-corrected chi connectivity index (χ2v) is 12.7. The Hall–Kier alpha value is -5.80. The highest BCUT2D eigenvalue weighted by atomic mass is 15.0. The van der Waals surface area contributed by atoms with Gasteiger partial charge in [-0.3, -0.25) is 0 Å². The van der Waals surface area contributed by atoms with Gasteiger partial charge in [0.25, 0.3) is 0 Å². The molecule has 3 nitrogen and oxygen atoms in total. The fourth-order valence-corrected chi connectivity index (χ4v) is 7.42. The second kappa shape index (κ2) is 10.1. The van der Waals surface area contributed by atoms with Crippen LogP contribution in [0.1, 0.15) is 25.0 Å². The van der Waals surface area contributed by atoms with Crippen LogP contribution in [0.25, 0.3) is 72.5 Å². The molecule has 0 spiro atoms. The molecule has 0 unspecified atom stereocenters. The van der Waals surface area contributed by atoms with Gasteiger partial charge in [-0.05, 0) is 47.0 Å². The minimum atomic E-state index is -0.255. The maximum Gasteiger partial charge on any atom is 0.160 e. The smallest absolute Gasteiger partial charge is 0.160 e. The quantitative estimate of drug-likeness (QED) is 0.204. The van der Waals surface area contributed by atoms with Crippen molar-refractivity contribution in [2.24, 2.45) is 0 Å². The number of hydrogen-bond donors (Lipinski definition) is 0. The number of fused-ring (bicyclic) bond motifs is 6. The third-order valence-electron chi connectivity index (χ3n) is 9.58. The molecule has 2 heterocycles. The standard InChI is InChI=1S/C43H31N3/c1-43(2)36-23-9-6-22-35(36)41-39(43)40(44-42(45-41)31-18-12-16-29(26-31)28-14-4-3-5-15-28)30-17-13-19-32(27-30)46-37-24-10-7-20-33(37)34-21-8-11-25-38(34)46/h3-27H,1-2H3. The van der Waals surface area contributed by atoms with E-state index in [-0.39, 0.29) is 5.41 Å². The normalized spacial score (nSPS) is 13.2. The first-order valence-electron chi connectivity index (χ1n) is 15.9. The van der Waals surface area contributed by atoms with Crippen molar-refractivity contribution in [3.63, 3.8) is 0 Å². The summed E-state index contributed by atoms with van der Waals surface area (Å²) in [6.07, 6.45) is 0. The van der Waals surface area contributed by atoms with Gasteiger partial charge in [-0.25, -0.2) is 9.97 Å². The minimum Gasteiger partial charge on any atom is -0.309 e. The number of para-hydroxylation sites is 2. The predicted octanol–water partition coefficient (Wildman–Crippen LogP) is 10.9. The molecule has 0 amide bonds. The summed E-state index contributed by atoms with van der Waals surface area (Å²) < 4.78 is 2.37. The average Bonchev–Trinajstić information content (AvgIpc) is 3.57. The highest BCUT2D eigenvalue weighted by Gasteiger charge is 2.40. The number of rotatable bonds is 4. The largest absolute Gasteiger partial charge is 0.309 e. The maximum absolute atomic E-state index is 5.43. The van der Waals surface area contributed by atoms with Gasteiger partial charge in [0.05, 0.1) is 22.4 Å². The van der Waals surface area contributed by atoms with E-state index < -0.39 is 0 Å². The maximum atomic E-state index is 5.43. The lowest BCUT2D eigenvalue weighted by molar-refractivity contribution is 0.658. The zero-order valence-corrected chi connectivity index (χ0v) is 25.8. The molecule has 9 rings (SSSR count). The summed E-state index contributed by atoms with van der Waals surface area (Å²) in [5, 5.41) is 2.51. The van der Waals surface area contributed by atoms with Gasteiger partial charge in [0.15, 0.2) is 5.82 Å². The van der Waals surface area contributed by atoms with Crippen LogP contribution < -0.4 is 0 Å². The molecular weight excluding hydrogens is 558 g/mol. The van der Waals surface area contributed by atoms with E-state index in [1.54, 1.807) is 0 Å². The first kappa shape index (κ1) is 26.6. The molecule has 0 bridgehead atoms. The van der Waals surface area contributed by atoms with Crippen LogP contribution in [0, 0.1) is 0 Å². The van der Waals surface area contributed by atoms with Crippen LogP contribution in [0.5, 0.6) is 0 Å². The van der Waals surface area contributed by atoms with Crippen LogP contribution >= 0.6 is 0 Å². The Morgan fingerprint density at radius 1 is 0.478 bits per heavy atom. The summed E-state index contributed by atoms with van der Waals surface area (Å²) in [6, 6.07) is 54.0. The molecule has 6 aromatic carbocycles. The van der Waals surface area contributed by atoms with Crippen molar-refractivity contribution < 1.29 is 0 Å². The monoisotopic (exact) mass is 589 g/mol. The van der Waals surface area contributed by atoms with E-state index in [2.05, 4.69) is 170 Å². The zero-order chi connectivity index (χ0) is 30.8. The molecule has 0 saturated carbocycles. The van der Waals surface area contributed by atoms with Crippen molar-refractivity contribution in [2.45, 2.75) is 19.3 Å². The van der Waals surface area contributed by atoms with E-state index >= 15 is 0 Å². The van der Waals surface area contributed by atoms with Gasteiger partial charge in [0.2, 0.25) is 0 Å². The SMILES string of the molecule is CC1(C)c2ccccc2-c2nc(-c3cccc(-c4ccccc4)c3)nc(-c3cccc(-n4c5ccccc5c5ccccc54)c3)c21. The van der Waals surface area contributed by atoms with Crippen LogP contribution in [-0.2, 0) is 5.41 Å². The highest BCUT2D eigenvalue weighted by molar-refractivity contribution is 6.09. The molecule has 0 saturated heterocycles. The Kier molecular flexibility index (Phi) is 5.85. The molecule has 0 fully saturated rings. The van der Waals surface area contributed by atoms with E-state index in [4.69, 9.17) is 9.97 Å². The fourth-order valence-electron chi connectivity index (χ4n) is 7.42. The van der Waals surface area contributed by atoms with E-state index in [0.29, 0.717) is 0 Å². The van der Waals surface area contributed by atoms with Crippen molar-refractivity contribution in [3.8, 4) is 50.7 Å². The lowest BCUT2D eigenvalue weighted by atomic mass is 9.81. The van der Waals surface area contributed by atoms with Gasteiger partial charge in [-0.2, -0.15) is 0 Å². The van der Waals surface area contributed by atoms with Crippen molar-refractivity contribution in [1.82, 2.24) is 14.5 Å². The fraction of sp³-hybridized carbons (Fsp3) is 0.0698. The van der Waals surface area contributed by atoms with Crippen LogP contribution in [0.3, 0.4) is 0 Å². The third-order valence-corrected chi connectivity index (χ3v) is 9.58. The summed E-state index contributed by atoms with van der Waals surface area (Å²) in [5.74, 6) is 0.737. The molecule has 1 aliphatic rings. The first-order valence-corrected chi connectivity index (χ1v) is 15.9.